The van der Waals surface area contributed by atoms with E-state index in [0.717, 1.165) is 5.56 Å². The van der Waals surface area contributed by atoms with Gasteiger partial charge in [0.15, 0.2) is 0 Å². The second-order valence-corrected chi connectivity index (χ2v) is 6.70. The fourth-order valence-corrected chi connectivity index (χ4v) is 2.46. The molecule has 0 heterocycles. The van der Waals surface area contributed by atoms with E-state index in [1.54, 1.807) is 31.2 Å². The van der Waals surface area contributed by atoms with Crippen LogP contribution in [-0.2, 0) is 30.5 Å². The standard InChI is InChI=1S/C20H29N3O6/c1-4-28-19(26)13-23(20(27)29-14-16-8-6-5-7-9-16)18(25)12-22(11-15(2)3)17(24)10-21/h5-9,15H,4,10-14,21H2,1-3H3. The van der Waals surface area contributed by atoms with Crippen LogP contribution in [-0.4, -0.2) is 66.5 Å². The Labute approximate surface area is 170 Å². The van der Waals surface area contributed by atoms with Crippen molar-refractivity contribution in [2.24, 2.45) is 11.7 Å². The molecule has 0 aliphatic rings. The van der Waals surface area contributed by atoms with E-state index in [9.17, 15) is 19.2 Å². The zero-order chi connectivity index (χ0) is 21.8. The fourth-order valence-electron chi connectivity index (χ4n) is 2.46. The molecular formula is C20H29N3O6. The number of nitrogens with zero attached hydrogens (tertiary/aromatic N) is 2. The molecule has 0 aromatic heterocycles. The summed E-state index contributed by atoms with van der Waals surface area (Å²) in [5.41, 5.74) is 6.14. The van der Waals surface area contributed by atoms with Gasteiger partial charge in [-0.3, -0.25) is 14.4 Å². The van der Waals surface area contributed by atoms with Gasteiger partial charge in [-0.2, -0.15) is 0 Å². The minimum absolute atomic E-state index is 0.0658. The molecule has 0 saturated carbocycles. The second kappa shape index (κ2) is 12.5. The molecule has 0 fully saturated rings. The van der Waals surface area contributed by atoms with Crippen molar-refractivity contribution in [3.05, 3.63) is 35.9 Å². The average Bonchev–Trinajstić information content (AvgIpc) is 2.69. The number of ether oxygens (including phenoxy) is 2. The molecule has 29 heavy (non-hydrogen) atoms. The maximum Gasteiger partial charge on any atom is 0.417 e. The lowest BCUT2D eigenvalue weighted by Crippen LogP contribution is -2.49. The zero-order valence-corrected chi connectivity index (χ0v) is 17.1. The van der Waals surface area contributed by atoms with Crippen molar-refractivity contribution in [1.82, 2.24) is 9.80 Å². The predicted molar refractivity (Wildman–Crippen MR) is 105 cm³/mol. The van der Waals surface area contributed by atoms with Gasteiger partial charge in [-0.25, -0.2) is 9.69 Å². The summed E-state index contributed by atoms with van der Waals surface area (Å²) < 4.78 is 10.0. The Morgan fingerprint density at radius 1 is 1.00 bits per heavy atom. The molecule has 1 rings (SSSR count). The minimum atomic E-state index is -0.989. The van der Waals surface area contributed by atoms with Crippen molar-refractivity contribution in [1.29, 1.82) is 0 Å². The van der Waals surface area contributed by atoms with Crippen LogP contribution in [0, 0.1) is 5.92 Å². The van der Waals surface area contributed by atoms with Crippen LogP contribution in [0.1, 0.15) is 26.3 Å². The van der Waals surface area contributed by atoms with E-state index in [-0.39, 0.29) is 32.2 Å². The highest BCUT2D eigenvalue weighted by Crippen LogP contribution is 2.06. The predicted octanol–water partition coefficient (Wildman–Crippen LogP) is 1.16. The van der Waals surface area contributed by atoms with Gasteiger partial charge in [0.05, 0.1) is 13.2 Å². The Balaban J connectivity index is 2.90. The van der Waals surface area contributed by atoms with Crippen LogP contribution < -0.4 is 5.73 Å². The molecule has 3 amide bonds. The summed E-state index contributed by atoms with van der Waals surface area (Å²) in [4.78, 5) is 51.0. The second-order valence-electron chi connectivity index (χ2n) is 6.70. The molecule has 9 nitrogen and oxygen atoms in total. The molecular weight excluding hydrogens is 378 g/mol. The van der Waals surface area contributed by atoms with Crippen molar-refractivity contribution < 1.29 is 28.7 Å². The van der Waals surface area contributed by atoms with Gasteiger partial charge < -0.3 is 20.1 Å². The van der Waals surface area contributed by atoms with Crippen molar-refractivity contribution in [2.45, 2.75) is 27.4 Å². The number of imide groups is 1. The van der Waals surface area contributed by atoms with Crippen molar-refractivity contribution >= 4 is 23.9 Å². The molecule has 0 atom stereocenters. The van der Waals surface area contributed by atoms with Crippen LogP contribution in [0.4, 0.5) is 4.79 Å². The molecule has 0 radical (unpaired) electrons. The summed E-state index contributed by atoms with van der Waals surface area (Å²) in [6, 6.07) is 8.91. The van der Waals surface area contributed by atoms with Gasteiger partial charge in [-0.05, 0) is 18.4 Å². The van der Waals surface area contributed by atoms with Crippen LogP contribution >= 0.6 is 0 Å². The SMILES string of the molecule is CCOC(=O)CN(C(=O)CN(CC(C)C)C(=O)CN)C(=O)OCc1ccccc1. The molecule has 0 bridgehead atoms. The van der Waals surface area contributed by atoms with Crippen molar-refractivity contribution in [3.63, 3.8) is 0 Å². The number of esters is 1. The molecule has 1 aromatic rings. The topological polar surface area (TPSA) is 119 Å². The van der Waals surface area contributed by atoms with E-state index in [4.69, 9.17) is 15.2 Å². The fraction of sp³-hybridized carbons (Fsp3) is 0.500. The number of nitrogens with two attached hydrogens (primary N) is 1. The average molecular weight is 407 g/mol. The Morgan fingerprint density at radius 3 is 2.21 bits per heavy atom. The lowest BCUT2D eigenvalue weighted by atomic mass is 10.2. The van der Waals surface area contributed by atoms with E-state index in [1.807, 2.05) is 19.9 Å². The molecule has 0 spiro atoms. The van der Waals surface area contributed by atoms with E-state index in [0.29, 0.717) is 4.90 Å². The first-order valence-corrected chi connectivity index (χ1v) is 9.42. The summed E-state index contributed by atoms with van der Waals surface area (Å²) in [6.07, 6.45) is -0.989. The maximum atomic E-state index is 12.7. The Morgan fingerprint density at radius 2 is 1.66 bits per heavy atom. The van der Waals surface area contributed by atoms with Gasteiger partial charge >= 0.3 is 12.1 Å². The normalized spacial score (nSPS) is 10.4. The lowest BCUT2D eigenvalue weighted by molar-refractivity contribution is -0.149. The third-order valence-corrected chi connectivity index (χ3v) is 3.76. The quantitative estimate of drug-likeness (QED) is 0.578. The van der Waals surface area contributed by atoms with Gasteiger partial charge in [0.1, 0.15) is 19.7 Å². The maximum absolute atomic E-state index is 12.7. The Kier molecular flexibility index (Phi) is 10.4. The van der Waals surface area contributed by atoms with Crippen LogP contribution in [0.3, 0.4) is 0 Å². The van der Waals surface area contributed by atoms with E-state index in [2.05, 4.69) is 0 Å². The first-order chi connectivity index (χ1) is 13.8. The molecule has 0 aliphatic carbocycles. The summed E-state index contributed by atoms with van der Waals surface area (Å²) in [5, 5.41) is 0. The summed E-state index contributed by atoms with van der Waals surface area (Å²) in [7, 11) is 0. The molecule has 9 heteroatoms. The van der Waals surface area contributed by atoms with Crippen molar-refractivity contribution in [3.8, 4) is 0 Å². The van der Waals surface area contributed by atoms with Crippen molar-refractivity contribution in [2.75, 3.05) is 32.8 Å². The highest BCUT2D eigenvalue weighted by molar-refractivity contribution is 5.97. The number of benzene rings is 1. The number of carbonyl (C=O) groups is 4. The first kappa shape index (κ1) is 24.1. The monoisotopic (exact) mass is 407 g/mol. The summed E-state index contributed by atoms with van der Waals surface area (Å²) in [6.45, 7) is 4.43. The number of hydrogen-bond donors (Lipinski definition) is 1. The molecule has 0 unspecified atom stereocenters. The number of carbonyl (C=O) groups excluding carboxylic acids is 4. The van der Waals surface area contributed by atoms with Gasteiger partial charge in [-0.15, -0.1) is 0 Å². The number of rotatable bonds is 10. The molecule has 160 valence electrons. The third-order valence-electron chi connectivity index (χ3n) is 3.76. The molecule has 1 aromatic carbocycles. The number of hydrogen-bond acceptors (Lipinski definition) is 7. The van der Waals surface area contributed by atoms with Gasteiger partial charge in [-0.1, -0.05) is 44.2 Å². The summed E-state index contributed by atoms with van der Waals surface area (Å²) >= 11 is 0. The van der Waals surface area contributed by atoms with E-state index < -0.39 is 37.0 Å². The van der Waals surface area contributed by atoms with E-state index >= 15 is 0 Å². The molecule has 0 saturated heterocycles. The van der Waals surface area contributed by atoms with Crippen LogP contribution in [0.2, 0.25) is 0 Å². The Bertz CT molecular complexity index is 693. The van der Waals surface area contributed by atoms with Gasteiger partial charge in [0, 0.05) is 6.54 Å². The number of amides is 3. The molecule has 0 aliphatic heterocycles. The minimum Gasteiger partial charge on any atom is -0.465 e. The van der Waals surface area contributed by atoms with Crippen LogP contribution in [0.5, 0.6) is 0 Å². The van der Waals surface area contributed by atoms with E-state index in [1.165, 1.54) is 4.90 Å². The van der Waals surface area contributed by atoms with Crippen LogP contribution in [0.15, 0.2) is 30.3 Å². The molecule has 2 N–H and O–H groups in total. The largest absolute Gasteiger partial charge is 0.465 e. The zero-order valence-electron chi connectivity index (χ0n) is 17.1. The van der Waals surface area contributed by atoms with Gasteiger partial charge in [0.25, 0.3) is 5.91 Å². The third kappa shape index (κ3) is 8.73. The highest BCUT2D eigenvalue weighted by Gasteiger charge is 2.29. The van der Waals surface area contributed by atoms with Gasteiger partial charge in [0.2, 0.25) is 5.91 Å². The van der Waals surface area contributed by atoms with Crippen LogP contribution in [0.25, 0.3) is 0 Å². The highest BCUT2D eigenvalue weighted by atomic mass is 16.6. The summed E-state index contributed by atoms with van der Waals surface area (Å²) in [5.74, 6) is -1.85. The smallest absolute Gasteiger partial charge is 0.417 e. The Hall–Kier alpha value is -2.94. The lowest BCUT2D eigenvalue weighted by Gasteiger charge is -2.26. The first-order valence-electron chi connectivity index (χ1n) is 9.42.